The summed E-state index contributed by atoms with van der Waals surface area (Å²) in [4.78, 5) is 101. The molecule has 420 valence electrons. The van der Waals surface area contributed by atoms with Gasteiger partial charge in [-0.3, -0.25) is 19.2 Å². The number of rotatable bonds is 32. The van der Waals surface area contributed by atoms with Crippen LogP contribution in [0.3, 0.4) is 0 Å². The summed E-state index contributed by atoms with van der Waals surface area (Å²) in [5.74, 6) is -0.408. The second-order valence-electron chi connectivity index (χ2n) is 17.1. The minimum absolute atomic E-state index is 0.0428. The lowest BCUT2D eigenvalue weighted by Crippen LogP contribution is -2.31. The molecule has 0 radical (unpaired) electrons. The molecule has 0 saturated carbocycles. The van der Waals surface area contributed by atoms with Crippen molar-refractivity contribution in [3.05, 3.63) is 57.6 Å². The van der Waals surface area contributed by atoms with Crippen molar-refractivity contribution in [3.8, 4) is 11.5 Å². The van der Waals surface area contributed by atoms with Gasteiger partial charge < -0.3 is 72.9 Å². The molecule has 0 spiro atoms. The highest BCUT2D eigenvalue weighted by Crippen LogP contribution is 2.32. The lowest BCUT2D eigenvalue weighted by atomic mass is 10.1. The number of hydrogen-bond acceptors (Lipinski definition) is 18. The summed E-state index contributed by atoms with van der Waals surface area (Å²) in [6.45, 7) is 18.2. The third kappa shape index (κ3) is 37.5. The zero-order valence-electron chi connectivity index (χ0n) is 44.9. The molecule has 22 nitrogen and oxygen atoms in total. The average Bonchev–Trinajstić information content (AvgIpc) is 3.32. The predicted octanol–water partition coefficient (Wildman–Crippen LogP) is 6.44. The maximum Gasteiger partial charge on any atom is 0.407 e. The molecule has 0 heterocycles. The summed E-state index contributed by atoms with van der Waals surface area (Å²) in [5.41, 5.74) is 4.62. The molecule has 0 bridgehead atoms. The Balaban J connectivity index is 0.00000119. The zero-order valence-corrected chi connectivity index (χ0v) is 46.7. The van der Waals surface area contributed by atoms with Crippen LogP contribution >= 0.6 is 15.2 Å². The van der Waals surface area contributed by atoms with Crippen molar-refractivity contribution in [1.82, 2.24) is 21.3 Å². The van der Waals surface area contributed by atoms with Gasteiger partial charge in [-0.05, 0) is 124 Å². The van der Waals surface area contributed by atoms with Crippen molar-refractivity contribution in [2.24, 2.45) is 0 Å². The molecule has 0 aliphatic carbocycles. The highest BCUT2D eigenvalue weighted by Gasteiger charge is 2.15. The molecule has 24 heteroatoms. The fraction of sp³-hybridized carbons (Fsp3) is 0.620. The molecule has 74 heavy (non-hydrogen) atoms. The molecule has 4 N–H and O–H groups in total. The summed E-state index contributed by atoms with van der Waals surface area (Å²) < 4.78 is 57.2. The van der Waals surface area contributed by atoms with E-state index in [9.17, 15) is 52.5 Å². The fourth-order valence-corrected chi connectivity index (χ4v) is 7.11. The van der Waals surface area contributed by atoms with Crippen LogP contribution in [-0.4, -0.2) is 108 Å². The number of alkyl carbamates (subject to hydrolysis) is 2. The Labute approximate surface area is 436 Å². The van der Waals surface area contributed by atoms with Gasteiger partial charge in [0.15, 0.2) is 0 Å². The van der Waals surface area contributed by atoms with E-state index in [0.29, 0.717) is 61.6 Å². The minimum Gasteiger partial charge on any atom is -0.779 e. The van der Waals surface area contributed by atoms with Gasteiger partial charge in [-0.15, -0.1) is 0 Å². The van der Waals surface area contributed by atoms with Gasteiger partial charge in [0.2, 0.25) is 11.8 Å². The lowest BCUT2D eigenvalue weighted by Gasteiger charge is -2.17. The Morgan fingerprint density at radius 3 is 1.31 bits per heavy atom. The second kappa shape index (κ2) is 39.2. The summed E-state index contributed by atoms with van der Waals surface area (Å²) >= 11 is 0. The van der Waals surface area contributed by atoms with E-state index in [1.54, 1.807) is 39.8 Å². The first-order valence-electron chi connectivity index (χ1n) is 24.7. The molecule has 2 rings (SSSR count). The van der Waals surface area contributed by atoms with Crippen LogP contribution in [0.25, 0.3) is 0 Å². The second-order valence-corrected chi connectivity index (χ2v) is 20.7. The molecule has 0 aromatic heterocycles. The molecule has 2 atom stereocenters. The van der Waals surface area contributed by atoms with Crippen LogP contribution in [0.4, 0.5) is 9.59 Å². The first-order chi connectivity index (χ1) is 34.8. The number of ketones is 1. The Morgan fingerprint density at radius 2 is 0.932 bits per heavy atom. The molecular weight excluding hydrogens is 1010 g/mol. The molecule has 4 amide bonds. The molecule has 2 aromatic carbocycles. The lowest BCUT2D eigenvalue weighted by molar-refractivity contribution is -0.197. The highest BCUT2D eigenvalue weighted by molar-refractivity contribution is 7.50. The number of aryl methyl sites for hydroxylation is 4. The predicted molar refractivity (Wildman–Crippen MR) is 274 cm³/mol. The van der Waals surface area contributed by atoms with E-state index in [1.807, 2.05) is 32.9 Å². The number of ether oxygens (including phenoxy) is 5. The van der Waals surface area contributed by atoms with Crippen LogP contribution < -0.4 is 40.5 Å². The molecule has 0 aliphatic rings. The Bertz CT molecular complexity index is 2110. The van der Waals surface area contributed by atoms with E-state index >= 15 is 0 Å². The molecule has 2 unspecified atom stereocenters. The van der Waals surface area contributed by atoms with Gasteiger partial charge in [-0.25, -0.2) is 14.4 Å². The van der Waals surface area contributed by atoms with Crippen LogP contribution in [0.5, 0.6) is 11.5 Å². The maximum absolute atomic E-state index is 11.9. The quantitative estimate of drug-likeness (QED) is 0.0265. The van der Waals surface area contributed by atoms with Crippen molar-refractivity contribution < 1.29 is 85.2 Å². The smallest absolute Gasteiger partial charge is 0.407 e. The number of carbonyl (C=O) groups is 7. The monoisotopic (exact) mass is 1090 g/mol. The van der Waals surface area contributed by atoms with Gasteiger partial charge in [-0.2, -0.15) is 0 Å². The molecule has 0 aliphatic heterocycles. The summed E-state index contributed by atoms with van der Waals surface area (Å²) in [7, 11) is -7.29. The van der Waals surface area contributed by atoms with Crippen LogP contribution in [0.1, 0.15) is 132 Å². The molecule has 0 saturated heterocycles. The molecule has 2 aromatic rings. The standard InChI is InChI=1S/C22H35N2O8P.C20H32NO7P.C8H15NO3/c1-5-19(25)24-14-20(26)32-21-16(2)12-18(13-17(21)3)15-30-22(27)23-10-8-6-7-9-11-31-33(4,28)29;1-5-18(22)28-19-15(2)12-17(13-16(19)3)14-26-20(23)21-10-8-6-7-9-11-27-29(4,24)25;1-3-4-12-6-8(11)9-5-7(2)10/h12-13H,5-11,14-15H2,1-4H3,(H,23,27)(H,24,25)(H,28,29);12-13H,5-11,14H2,1-4H3,(H,21,23)(H,24,25);3-6H2,1-2H3,(H,9,11)/p-2. The van der Waals surface area contributed by atoms with E-state index in [2.05, 4.69) is 30.3 Å². The van der Waals surface area contributed by atoms with Gasteiger partial charge in [0.1, 0.15) is 58.8 Å². The first-order valence-corrected chi connectivity index (χ1v) is 28.7. The topological polar surface area (TPSA) is 312 Å². The number of nitrogens with one attached hydrogen (secondary N) is 4. The average molecular weight is 1090 g/mol. The van der Waals surface area contributed by atoms with Crippen molar-refractivity contribution in [1.29, 1.82) is 0 Å². The van der Waals surface area contributed by atoms with E-state index in [1.165, 1.54) is 6.92 Å². The summed E-state index contributed by atoms with van der Waals surface area (Å²) in [6.07, 6.45) is 6.58. The number of hydrogen-bond donors (Lipinski definition) is 4. The number of esters is 2. The Kier molecular flexibility index (Phi) is 36.5. The summed E-state index contributed by atoms with van der Waals surface area (Å²) in [5, 5.41) is 10.3. The Morgan fingerprint density at radius 1 is 0.527 bits per heavy atom. The van der Waals surface area contributed by atoms with E-state index < -0.39 is 33.3 Å². The number of carbonyl (C=O) groups excluding carboxylic acids is 7. The van der Waals surface area contributed by atoms with E-state index in [4.69, 9.17) is 23.7 Å². The maximum atomic E-state index is 11.9. The van der Waals surface area contributed by atoms with Crippen molar-refractivity contribution >= 4 is 56.9 Å². The van der Waals surface area contributed by atoms with E-state index in [0.717, 1.165) is 80.5 Å². The van der Waals surface area contributed by atoms with Crippen LogP contribution in [0.2, 0.25) is 0 Å². The zero-order chi connectivity index (χ0) is 56.1. The van der Waals surface area contributed by atoms with Crippen molar-refractivity contribution in [2.45, 2.75) is 139 Å². The number of Topliss-reactive ketones (excluding diaryl/α,β-unsaturated/α-hetero) is 1. The van der Waals surface area contributed by atoms with Gasteiger partial charge >= 0.3 is 24.1 Å². The molecule has 0 fully saturated rings. The Hall–Kier alpha value is -5.21. The van der Waals surface area contributed by atoms with Gasteiger partial charge in [0.05, 0.1) is 19.8 Å². The number of unbranched alkanes of at least 4 members (excludes halogenated alkanes) is 6. The van der Waals surface area contributed by atoms with Crippen molar-refractivity contribution in [3.63, 3.8) is 0 Å². The summed E-state index contributed by atoms with van der Waals surface area (Å²) in [6, 6.07) is 7.20. The third-order valence-corrected chi connectivity index (χ3v) is 11.0. The highest BCUT2D eigenvalue weighted by atomic mass is 31.2. The van der Waals surface area contributed by atoms with Gasteiger partial charge in [-0.1, -0.05) is 46.5 Å². The van der Waals surface area contributed by atoms with Crippen molar-refractivity contribution in [2.75, 3.05) is 65.9 Å². The van der Waals surface area contributed by atoms with Gasteiger partial charge in [0.25, 0.3) is 0 Å². The normalized spacial score (nSPS) is 12.2. The van der Waals surface area contributed by atoms with Crippen LogP contribution in [0, 0.1) is 27.7 Å². The fourth-order valence-electron chi connectivity index (χ4n) is 6.19. The number of benzene rings is 2. The molecular formula is C50H80N4O18P2-2. The van der Waals surface area contributed by atoms with Gasteiger partial charge in [0, 0.05) is 45.9 Å². The van der Waals surface area contributed by atoms with Crippen LogP contribution in [-0.2, 0) is 69.6 Å². The largest absolute Gasteiger partial charge is 0.779 e. The van der Waals surface area contributed by atoms with E-state index in [-0.39, 0.29) is 76.1 Å². The van der Waals surface area contributed by atoms with Crippen LogP contribution in [0.15, 0.2) is 24.3 Å². The number of amides is 4. The third-order valence-electron chi connectivity index (χ3n) is 9.70. The first kappa shape index (κ1) is 68.8. The minimum atomic E-state index is -3.66. The SMILES string of the molecule is CCC(=O)NCC(=O)Oc1c(C)cc(COC(=O)NCCCCCCOP(C)(=O)[O-])cc1C.CCC(=O)Oc1c(C)cc(COC(=O)NCCCCCCOP(C)(=O)[O-])cc1C.CCCOCC(=O)NCC(C)=O.